The van der Waals surface area contributed by atoms with Crippen molar-refractivity contribution in [3.05, 3.63) is 11.3 Å². The first-order chi connectivity index (χ1) is 4.75. The predicted molar refractivity (Wildman–Crippen MR) is 40.6 cm³/mol. The third-order valence-corrected chi connectivity index (χ3v) is 2.32. The molecule has 0 aromatic rings. The Morgan fingerprint density at radius 3 is 2.80 bits per heavy atom. The van der Waals surface area contributed by atoms with Crippen molar-refractivity contribution in [2.75, 3.05) is 18.6 Å². The Kier molecular flexibility index (Phi) is 2.21. The minimum absolute atomic E-state index is 0.359. The van der Waals surface area contributed by atoms with Crippen molar-refractivity contribution in [3.8, 4) is 0 Å². The van der Waals surface area contributed by atoms with Crippen molar-refractivity contribution < 1.29 is 9.53 Å². The number of carbonyl (C=O) groups excluding carboxylic acids is 1. The smallest absolute Gasteiger partial charge is 0.248 e. The molecule has 0 aromatic carbocycles. The fraction of sp³-hybridized carbons (Fsp3) is 0.500. The lowest BCUT2D eigenvalue weighted by atomic mass is 10.2. The van der Waals surface area contributed by atoms with Gasteiger partial charge in [0.05, 0.1) is 18.4 Å². The van der Waals surface area contributed by atoms with Crippen LogP contribution in [0.1, 0.15) is 0 Å². The Hall–Kier alpha value is -0.640. The highest BCUT2D eigenvalue weighted by Crippen LogP contribution is 2.24. The number of methoxy groups -OCH3 is 1. The summed E-state index contributed by atoms with van der Waals surface area (Å²) in [5.41, 5.74) is 5.71. The van der Waals surface area contributed by atoms with E-state index >= 15 is 0 Å². The second kappa shape index (κ2) is 2.96. The standard InChI is InChI=1S/C6H9NO2S/c1-9-5-3-10-2-4(5)6(7)8/h2-3H2,1H3,(H2,7,8). The Labute approximate surface area is 63.6 Å². The quantitative estimate of drug-likeness (QED) is 0.622. The van der Waals surface area contributed by atoms with Crippen molar-refractivity contribution in [2.45, 2.75) is 0 Å². The van der Waals surface area contributed by atoms with E-state index in [1.165, 1.54) is 0 Å². The van der Waals surface area contributed by atoms with Gasteiger partial charge in [0.2, 0.25) is 5.91 Å². The van der Waals surface area contributed by atoms with Crippen molar-refractivity contribution in [1.82, 2.24) is 0 Å². The molecule has 3 nitrogen and oxygen atoms in total. The number of hydrogen-bond acceptors (Lipinski definition) is 3. The van der Waals surface area contributed by atoms with Gasteiger partial charge < -0.3 is 10.5 Å². The molecule has 1 rings (SSSR count). The van der Waals surface area contributed by atoms with E-state index in [4.69, 9.17) is 10.5 Å². The van der Waals surface area contributed by atoms with Crippen LogP contribution in [0, 0.1) is 0 Å². The third kappa shape index (κ3) is 1.26. The number of ether oxygens (including phenoxy) is 1. The maximum atomic E-state index is 10.6. The molecule has 1 heterocycles. The molecule has 0 bridgehead atoms. The molecule has 1 aliphatic heterocycles. The van der Waals surface area contributed by atoms with Gasteiger partial charge in [0.15, 0.2) is 0 Å². The van der Waals surface area contributed by atoms with Gasteiger partial charge in [-0.05, 0) is 0 Å². The number of rotatable bonds is 2. The molecule has 0 aromatic heterocycles. The average Bonchev–Trinajstić information content (AvgIpc) is 2.33. The molecule has 0 unspecified atom stereocenters. The zero-order valence-electron chi connectivity index (χ0n) is 5.72. The zero-order chi connectivity index (χ0) is 7.56. The molecule has 2 N–H and O–H groups in total. The van der Waals surface area contributed by atoms with Gasteiger partial charge >= 0.3 is 0 Å². The van der Waals surface area contributed by atoms with Crippen LogP contribution in [0.3, 0.4) is 0 Å². The van der Waals surface area contributed by atoms with Crippen LogP contribution in [0.15, 0.2) is 11.3 Å². The third-order valence-electron chi connectivity index (χ3n) is 1.36. The van der Waals surface area contributed by atoms with E-state index in [1.807, 2.05) is 0 Å². The normalized spacial score (nSPS) is 17.7. The van der Waals surface area contributed by atoms with E-state index in [0.29, 0.717) is 11.3 Å². The molecule has 1 amide bonds. The minimum Gasteiger partial charge on any atom is -0.500 e. The first kappa shape index (κ1) is 7.47. The van der Waals surface area contributed by atoms with E-state index in [-0.39, 0.29) is 5.91 Å². The lowest BCUT2D eigenvalue weighted by Crippen LogP contribution is -2.15. The molecule has 0 atom stereocenters. The van der Waals surface area contributed by atoms with Gasteiger partial charge in [-0.2, -0.15) is 0 Å². The van der Waals surface area contributed by atoms with E-state index in [2.05, 4.69) is 0 Å². The SMILES string of the molecule is COC1=C(C(N)=O)CSC1. The van der Waals surface area contributed by atoms with Crippen LogP contribution >= 0.6 is 11.8 Å². The summed E-state index contributed by atoms with van der Waals surface area (Å²) in [4.78, 5) is 10.6. The van der Waals surface area contributed by atoms with Crippen LogP contribution < -0.4 is 5.73 Å². The number of carbonyl (C=O) groups is 1. The molecular formula is C6H9NO2S. The van der Waals surface area contributed by atoms with Gasteiger partial charge in [-0.1, -0.05) is 0 Å². The van der Waals surface area contributed by atoms with Crippen molar-refractivity contribution >= 4 is 17.7 Å². The van der Waals surface area contributed by atoms with Gasteiger partial charge in [0.25, 0.3) is 0 Å². The molecule has 0 aliphatic carbocycles. The Bertz CT molecular complexity index is 188. The van der Waals surface area contributed by atoms with Gasteiger partial charge in [-0.3, -0.25) is 4.79 Å². The van der Waals surface area contributed by atoms with E-state index in [9.17, 15) is 4.79 Å². The van der Waals surface area contributed by atoms with Crippen molar-refractivity contribution in [2.24, 2.45) is 5.73 Å². The predicted octanol–water partition coefficient (Wildman–Crippen LogP) is 0.119. The first-order valence-electron chi connectivity index (χ1n) is 2.89. The van der Waals surface area contributed by atoms with Crippen molar-refractivity contribution in [1.29, 1.82) is 0 Å². The number of amides is 1. The summed E-state index contributed by atoms with van der Waals surface area (Å²) < 4.78 is 4.94. The minimum atomic E-state index is -0.359. The molecule has 0 spiro atoms. The largest absolute Gasteiger partial charge is 0.500 e. The van der Waals surface area contributed by atoms with Gasteiger partial charge in [0, 0.05) is 5.75 Å². The van der Waals surface area contributed by atoms with Crippen LogP contribution in [0.25, 0.3) is 0 Å². The molecule has 0 radical (unpaired) electrons. The van der Waals surface area contributed by atoms with Gasteiger partial charge in [0.1, 0.15) is 5.76 Å². The van der Waals surface area contributed by atoms with Crippen LogP contribution in [0.4, 0.5) is 0 Å². The Morgan fingerprint density at radius 1 is 1.70 bits per heavy atom. The highest BCUT2D eigenvalue weighted by atomic mass is 32.2. The zero-order valence-corrected chi connectivity index (χ0v) is 6.53. The molecule has 0 fully saturated rings. The van der Waals surface area contributed by atoms with Crippen LogP contribution in [0.5, 0.6) is 0 Å². The topological polar surface area (TPSA) is 52.3 Å². The van der Waals surface area contributed by atoms with Gasteiger partial charge in [-0.15, -0.1) is 11.8 Å². The summed E-state index contributed by atoms with van der Waals surface area (Å²) in [6.45, 7) is 0. The summed E-state index contributed by atoms with van der Waals surface area (Å²) in [6.07, 6.45) is 0. The molecule has 0 saturated carbocycles. The molecule has 0 saturated heterocycles. The number of thioether (sulfide) groups is 1. The van der Waals surface area contributed by atoms with Crippen LogP contribution in [0.2, 0.25) is 0 Å². The van der Waals surface area contributed by atoms with E-state index in [1.54, 1.807) is 18.9 Å². The summed E-state index contributed by atoms with van der Waals surface area (Å²) >= 11 is 1.64. The summed E-state index contributed by atoms with van der Waals surface area (Å²) in [6, 6.07) is 0. The second-order valence-corrected chi connectivity index (χ2v) is 2.95. The molecule has 10 heavy (non-hydrogen) atoms. The highest BCUT2D eigenvalue weighted by molar-refractivity contribution is 7.99. The monoisotopic (exact) mass is 159 g/mol. The maximum absolute atomic E-state index is 10.6. The molecular weight excluding hydrogens is 150 g/mol. The molecule has 4 heteroatoms. The fourth-order valence-corrected chi connectivity index (χ4v) is 1.89. The summed E-state index contributed by atoms with van der Waals surface area (Å²) in [5, 5.41) is 0. The number of hydrogen-bond donors (Lipinski definition) is 1. The summed E-state index contributed by atoms with van der Waals surface area (Å²) in [5.74, 6) is 1.84. The van der Waals surface area contributed by atoms with Gasteiger partial charge in [-0.25, -0.2) is 0 Å². The lowest BCUT2D eigenvalue weighted by Gasteiger charge is -1.99. The maximum Gasteiger partial charge on any atom is 0.248 e. The summed E-state index contributed by atoms with van der Waals surface area (Å²) in [7, 11) is 1.56. The van der Waals surface area contributed by atoms with Crippen LogP contribution in [-0.4, -0.2) is 24.5 Å². The molecule has 1 aliphatic rings. The number of nitrogens with two attached hydrogens (primary N) is 1. The first-order valence-corrected chi connectivity index (χ1v) is 4.04. The Balaban J connectivity index is 2.78. The molecule has 56 valence electrons. The van der Waals surface area contributed by atoms with E-state index in [0.717, 1.165) is 11.5 Å². The van der Waals surface area contributed by atoms with Crippen molar-refractivity contribution in [3.63, 3.8) is 0 Å². The Morgan fingerprint density at radius 2 is 2.40 bits per heavy atom. The lowest BCUT2D eigenvalue weighted by molar-refractivity contribution is -0.114. The average molecular weight is 159 g/mol. The van der Waals surface area contributed by atoms with Crippen LogP contribution in [-0.2, 0) is 9.53 Å². The number of primary amides is 1. The highest BCUT2D eigenvalue weighted by Gasteiger charge is 2.19. The second-order valence-electron chi connectivity index (χ2n) is 1.96. The fourth-order valence-electron chi connectivity index (χ4n) is 0.804. The van der Waals surface area contributed by atoms with E-state index < -0.39 is 0 Å².